The fourth-order valence-electron chi connectivity index (χ4n) is 1.29. The number of rotatable bonds is 5. The number of nitrogens with one attached hydrogen (secondary N) is 1. The highest BCUT2D eigenvalue weighted by molar-refractivity contribution is 9.10. The summed E-state index contributed by atoms with van der Waals surface area (Å²) in [6.45, 7) is 3.84. The lowest BCUT2D eigenvalue weighted by molar-refractivity contribution is 0.354. The van der Waals surface area contributed by atoms with Crippen molar-refractivity contribution >= 4 is 15.9 Å². The van der Waals surface area contributed by atoms with E-state index in [0.29, 0.717) is 0 Å². The molecule has 0 aliphatic rings. The van der Waals surface area contributed by atoms with Crippen molar-refractivity contribution in [2.24, 2.45) is 0 Å². The van der Waals surface area contributed by atoms with Gasteiger partial charge >= 0.3 is 0 Å². The molecule has 0 saturated heterocycles. The van der Waals surface area contributed by atoms with Crippen LogP contribution >= 0.6 is 15.9 Å². The van der Waals surface area contributed by atoms with Crippen LogP contribution in [0.4, 0.5) is 0 Å². The van der Waals surface area contributed by atoms with Crippen molar-refractivity contribution in [2.45, 2.75) is 13.5 Å². The van der Waals surface area contributed by atoms with E-state index >= 15 is 0 Å². The van der Waals surface area contributed by atoms with Crippen LogP contribution in [-0.4, -0.2) is 20.8 Å². The summed E-state index contributed by atoms with van der Waals surface area (Å²) in [5.74, 6) is 1.50. The summed E-state index contributed by atoms with van der Waals surface area (Å²) in [5, 5.41) is 3.27. The molecule has 0 aliphatic heterocycles. The molecule has 3 nitrogen and oxygen atoms in total. The van der Waals surface area contributed by atoms with E-state index < -0.39 is 0 Å². The Morgan fingerprint density at radius 3 is 2.33 bits per heavy atom. The number of methoxy groups -OCH3 is 2. The summed E-state index contributed by atoms with van der Waals surface area (Å²) in [7, 11) is 3.27. The maximum Gasteiger partial charge on any atom is 0.161 e. The molecular formula is C11H16BrNO2. The predicted molar refractivity (Wildman–Crippen MR) is 64.6 cm³/mol. The first-order valence-corrected chi connectivity index (χ1v) is 5.63. The van der Waals surface area contributed by atoms with Gasteiger partial charge in [0.15, 0.2) is 11.5 Å². The Kier molecular flexibility index (Phi) is 4.91. The van der Waals surface area contributed by atoms with Crippen LogP contribution in [0.25, 0.3) is 0 Å². The third-order valence-corrected chi connectivity index (χ3v) is 2.86. The molecule has 0 bridgehead atoms. The molecule has 15 heavy (non-hydrogen) atoms. The minimum atomic E-state index is 0.740. The first kappa shape index (κ1) is 12.3. The van der Waals surface area contributed by atoms with Gasteiger partial charge in [0.25, 0.3) is 0 Å². The molecule has 4 heteroatoms. The molecule has 0 spiro atoms. The molecule has 0 heterocycles. The quantitative estimate of drug-likeness (QED) is 0.895. The Morgan fingerprint density at radius 1 is 1.20 bits per heavy atom. The Hall–Kier alpha value is -0.740. The second-order valence-corrected chi connectivity index (χ2v) is 3.93. The molecule has 1 aromatic rings. The summed E-state index contributed by atoms with van der Waals surface area (Å²) in [6, 6.07) is 3.90. The highest BCUT2D eigenvalue weighted by atomic mass is 79.9. The Bertz CT molecular complexity index is 329. The van der Waals surface area contributed by atoms with Gasteiger partial charge < -0.3 is 14.8 Å². The predicted octanol–water partition coefficient (Wildman–Crippen LogP) is 2.58. The lowest BCUT2D eigenvalue weighted by Gasteiger charge is -2.11. The van der Waals surface area contributed by atoms with E-state index in [-0.39, 0.29) is 0 Å². The fourth-order valence-corrected chi connectivity index (χ4v) is 1.75. The van der Waals surface area contributed by atoms with Gasteiger partial charge in [0, 0.05) is 11.0 Å². The Labute approximate surface area is 98.9 Å². The molecule has 1 N–H and O–H groups in total. The zero-order valence-corrected chi connectivity index (χ0v) is 10.8. The van der Waals surface area contributed by atoms with Gasteiger partial charge in [0.05, 0.1) is 14.2 Å². The average molecular weight is 274 g/mol. The van der Waals surface area contributed by atoms with Crippen molar-refractivity contribution in [3.05, 3.63) is 22.2 Å². The molecule has 0 amide bonds. The van der Waals surface area contributed by atoms with Gasteiger partial charge in [-0.2, -0.15) is 0 Å². The van der Waals surface area contributed by atoms with Gasteiger partial charge in [-0.15, -0.1) is 0 Å². The lowest BCUT2D eigenvalue weighted by Crippen LogP contribution is -2.12. The maximum atomic E-state index is 5.24. The van der Waals surface area contributed by atoms with Crippen molar-refractivity contribution in [1.29, 1.82) is 0 Å². The minimum absolute atomic E-state index is 0.740. The fraction of sp³-hybridized carbons (Fsp3) is 0.455. The topological polar surface area (TPSA) is 30.5 Å². The summed E-state index contributed by atoms with van der Waals surface area (Å²) >= 11 is 3.51. The van der Waals surface area contributed by atoms with Crippen LogP contribution in [0.5, 0.6) is 11.5 Å². The van der Waals surface area contributed by atoms with Gasteiger partial charge in [-0.3, -0.25) is 0 Å². The van der Waals surface area contributed by atoms with Gasteiger partial charge in [-0.1, -0.05) is 22.9 Å². The zero-order valence-electron chi connectivity index (χ0n) is 9.26. The van der Waals surface area contributed by atoms with Crippen molar-refractivity contribution in [3.8, 4) is 11.5 Å². The second-order valence-electron chi connectivity index (χ2n) is 3.08. The summed E-state index contributed by atoms with van der Waals surface area (Å²) < 4.78 is 11.5. The number of hydrogen-bond acceptors (Lipinski definition) is 3. The summed E-state index contributed by atoms with van der Waals surface area (Å²) in [6.07, 6.45) is 0. The maximum absolute atomic E-state index is 5.24. The lowest BCUT2D eigenvalue weighted by atomic mass is 10.2. The third kappa shape index (κ3) is 3.11. The van der Waals surface area contributed by atoms with E-state index in [1.54, 1.807) is 14.2 Å². The van der Waals surface area contributed by atoms with Gasteiger partial charge in [0.2, 0.25) is 0 Å². The number of hydrogen-bond donors (Lipinski definition) is 1. The highest BCUT2D eigenvalue weighted by Crippen LogP contribution is 2.33. The number of halogens is 1. The van der Waals surface area contributed by atoms with Crippen LogP contribution in [0.3, 0.4) is 0 Å². The van der Waals surface area contributed by atoms with Gasteiger partial charge in [-0.05, 0) is 24.2 Å². The molecule has 0 atom stereocenters. The molecular weight excluding hydrogens is 258 g/mol. The molecule has 0 radical (unpaired) electrons. The normalized spacial score (nSPS) is 10.1. The SMILES string of the molecule is CCNCc1cc(OC)c(OC)cc1Br. The van der Waals surface area contributed by atoms with Crippen molar-refractivity contribution in [1.82, 2.24) is 5.32 Å². The molecule has 84 valence electrons. The first-order valence-electron chi connectivity index (χ1n) is 4.84. The standard InChI is InChI=1S/C11H16BrNO2/c1-4-13-7-8-5-10(14-2)11(15-3)6-9(8)12/h5-6,13H,4,7H2,1-3H3. The molecule has 1 aromatic carbocycles. The molecule has 0 unspecified atom stereocenters. The Morgan fingerprint density at radius 2 is 1.80 bits per heavy atom. The largest absolute Gasteiger partial charge is 0.493 e. The van der Waals surface area contributed by atoms with E-state index in [0.717, 1.165) is 34.6 Å². The third-order valence-electron chi connectivity index (χ3n) is 2.12. The van der Waals surface area contributed by atoms with Gasteiger partial charge in [0.1, 0.15) is 0 Å². The van der Waals surface area contributed by atoms with Crippen LogP contribution < -0.4 is 14.8 Å². The van der Waals surface area contributed by atoms with Crippen LogP contribution in [-0.2, 0) is 6.54 Å². The second kappa shape index (κ2) is 5.98. The van der Waals surface area contributed by atoms with Crippen LogP contribution in [0.2, 0.25) is 0 Å². The molecule has 0 fully saturated rings. The van der Waals surface area contributed by atoms with Gasteiger partial charge in [-0.25, -0.2) is 0 Å². The van der Waals surface area contributed by atoms with E-state index in [1.165, 1.54) is 0 Å². The summed E-state index contributed by atoms with van der Waals surface area (Å²) in [5.41, 5.74) is 1.16. The van der Waals surface area contributed by atoms with Crippen molar-refractivity contribution < 1.29 is 9.47 Å². The van der Waals surface area contributed by atoms with Crippen molar-refractivity contribution in [2.75, 3.05) is 20.8 Å². The first-order chi connectivity index (χ1) is 7.22. The minimum Gasteiger partial charge on any atom is -0.493 e. The number of ether oxygens (including phenoxy) is 2. The average Bonchev–Trinajstić information content (AvgIpc) is 2.27. The molecule has 0 aromatic heterocycles. The van der Waals surface area contributed by atoms with E-state index in [9.17, 15) is 0 Å². The number of benzene rings is 1. The van der Waals surface area contributed by atoms with Crippen LogP contribution in [0.15, 0.2) is 16.6 Å². The van der Waals surface area contributed by atoms with Crippen molar-refractivity contribution in [3.63, 3.8) is 0 Å². The monoisotopic (exact) mass is 273 g/mol. The van der Waals surface area contributed by atoms with E-state index in [1.807, 2.05) is 12.1 Å². The zero-order chi connectivity index (χ0) is 11.3. The smallest absolute Gasteiger partial charge is 0.161 e. The van der Waals surface area contributed by atoms with E-state index in [4.69, 9.17) is 9.47 Å². The summed E-state index contributed by atoms with van der Waals surface area (Å²) in [4.78, 5) is 0. The molecule has 0 aliphatic carbocycles. The Balaban J connectivity index is 2.97. The molecule has 0 saturated carbocycles. The van der Waals surface area contributed by atoms with Crippen LogP contribution in [0.1, 0.15) is 12.5 Å². The highest BCUT2D eigenvalue weighted by Gasteiger charge is 2.08. The van der Waals surface area contributed by atoms with Crippen LogP contribution in [0, 0.1) is 0 Å². The van der Waals surface area contributed by atoms with E-state index in [2.05, 4.69) is 28.2 Å². The molecule has 1 rings (SSSR count).